The van der Waals surface area contributed by atoms with Crippen molar-refractivity contribution in [3.05, 3.63) is 59.4 Å². The molecule has 2 aromatic rings. The second-order valence-electron chi connectivity index (χ2n) is 9.97. The van der Waals surface area contributed by atoms with E-state index in [0.717, 1.165) is 81.1 Å². The lowest BCUT2D eigenvalue weighted by Gasteiger charge is -2.32. The quantitative estimate of drug-likeness (QED) is 0.426. The Bertz CT molecular complexity index is 914. The van der Waals surface area contributed by atoms with Gasteiger partial charge in [-0.05, 0) is 76.0 Å². The van der Waals surface area contributed by atoms with E-state index >= 15 is 0 Å². The molecule has 2 saturated heterocycles. The minimum atomic E-state index is -0.471. The third-order valence-corrected chi connectivity index (χ3v) is 7.24. The van der Waals surface area contributed by atoms with Crippen molar-refractivity contribution in [1.29, 1.82) is 0 Å². The van der Waals surface area contributed by atoms with Crippen LogP contribution in [0.2, 0.25) is 0 Å². The number of nitrogens with zero attached hydrogens (tertiary/aromatic N) is 2. The molecular formula is C28H41FN4O2. The molecule has 192 valence electrons. The van der Waals surface area contributed by atoms with Crippen LogP contribution in [0.5, 0.6) is 5.75 Å². The zero-order chi connectivity index (χ0) is 24.5. The fourth-order valence-electron chi connectivity index (χ4n) is 5.11. The number of anilines is 1. The maximum absolute atomic E-state index is 13.9. The monoisotopic (exact) mass is 484 g/mol. The summed E-state index contributed by atoms with van der Waals surface area (Å²) in [4.78, 5) is 4.71. The van der Waals surface area contributed by atoms with Gasteiger partial charge in [-0.15, -0.1) is 0 Å². The van der Waals surface area contributed by atoms with Gasteiger partial charge in [-0.2, -0.15) is 0 Å². The van der Waals surface area contributed by atoms with E-state index in [9.17, 15) is 9.50 Å². The van der Waals surface area contributed by atoms with E-state index < -0.39 is 6.10 Å². The van der Waals surface area contributed by atoms with E-state index in [-0.39, 0.29) is 5.82 Å². The van der Waals surface area contributed by atoms with Crippen LogP contribution in [0.3, 0.4) is 0 Å². The first-order valence-corrected chi connectivity index (χ1v) is 13.1. The van der Waals surface area contributed by atoms with Crippen molar-refractivity contribution in [3.8, 4) is 5.75 Å². The summed E-state index contributed by atoms with van der Waals surface area (Å²) >= 11 is 0. The van der Waals surface area contributed by atoms with Crippen molar-refractivity contribution in [1.82, 2.24) is 15.5 Å². The molecule has 1 unspecified atom stereocenters. The van der Waals surface area contributed by atoms with Crippen molar-refractivity contribution in [2.24, 2.45) is 5.92 Å². The zero-order valence-electron chi connectivity index (χ0n) is 21.0. The van der Waals surface area contributed by atoms with Gasteiger partial charge in [0.05, 0.1) is 11.8 Å². The summed E-state index contributed by atoms with van der Waals surface area (Å²) in [5.41, 5.74) is 2.88. The molecule has 0 aromatic heterocycles. The molecule has 0 radical (unpaired) electrons. The molecule has 0 amide bonds. The number of benzene rings is 2. The number of piperazine rings is 1. The number of halogens is 1. The maximum atomic E-state index is 13.9. The highest BCUT2D eigenvalue weighted by molar-refractivity contribution is 5.62. The minimum absolute atomic E-state index is 0.155. The second kappa shape index (κ2) is 13.2. The number of ether oxygens (including phenoxy) is 1. The van der Waals surface area contributed by atoms with Crippen molar-refractivity contribution < 1.29 is 14.2 Å². The van der Waals surface area contributed by atoms with Crippen molar-refractivity contribution in [2.75, 3.05) is 64.4 Å². The zero-order valence-corrected chi connectivity index (χ0v) is 21.0. The molecule has 0 aliphatic carbocycles. The van der Waals surface area contributed by atoms with Gasteiger partial charge in [-0.1, -0.05) is 30.3 Å². The molecule has 7 heteroatoms. The highest BCUT2D eigenvalue weighted by Gasteiger charge is 2.22. The third kappa shape index (κ3) is 7.64. The van der Waals surface area contributed by atoms with Crippen LogP contribution in [-0.4, -0.2) is 75.6 Å². The van der Waals surface area contributed by atoms with Gasteiger partial charge in [0.2, 0.25) is 0 Å². The number of nitrogens with one attached hydrogen (secondary N) is 2. The molecule has 6 nitrogen and oxygen atoms in total. The van der Waals surface area contributed by atoms with Gasteiger partial charge >= 0.3 is 0 Å². The van der Waals surface area contributed by atoms with Crippen LogP contribution in [0.25, 0.3) is 0 Å². The number of aliphatic hydroxyl groups excluding tert-OH is 1. The van der Waals surface area contributed by atoms with Gasteiger partial charge in [0.25, 0.3) is 0 Å². The van der Waals surface area contributed by atoms with Crippen molar-refractivity contribution >= 4 is 5.69 Å². The Balaban J connectivity index is 1.38. The summed E-state index contributed by atoms with van der Waals surface area (Å²) in [6.45, 7) is 7.58. The average Bonchev–Trinajstić information content (AvgIpc) is 2.88. The predicted octanol–water partition coefficient (Wildman–Crippen LogP) is 3.04. The van der Waals surface area contributed by atoms with Gasteiger partial charge in [0.15, 0.2) is 0 Å². The Hall–Kier alpha value is -2.19. The molecule has 1 atom stereocenters. The molecule has 2 fully saturated rings. The first-order chi connectivity index (χ1) is 17.1. The second-order valence-corrected chi connectivity index (χ2v) is 9.97. The number of piperidine rings is 1. The minimum Gasteiger partial charge on any atom is -0.488 e. The maximum Gasteiger partial charge on any atom is 0.147 e. The Morgan fingerprint density at radius 1 is 1.06 bits per heavy atom. The molecule has 0 spiro atoms. The molecule has 2 heterocycles. The Morgan fingerprint density at radius 3 is 2.57 bits per heavy atom. The van der Waals surface area contributed by atoms with E-state index in [1.54, 1.807) is 6.07 Å². The first kappa shape index (κ1) is 25.9. The molecule has 3 N–H and O–H groups in total. The summed E-state index contributed by atoms with van der Waals surface area (Å²) in [5.74, 6) is 1.26. The lowest BCUT2D eigenvalue weighted by atomic mass is 9.91. The number of hydrogen-bond acceptors (Lipinski definition) is 6. The number of aliphatic hydroxyl groups is 1. The number of rotatable bonds is 11. The highest BCUT2D eigenvalue weighted by Crippen LogP contribution is 2.33. The normalized spacial score (nSPS) is 18.5. The Morgan fingerprint density at radius 2 is 1.80 bits per heavy atom. The predicted molar refractivity (Wildman–Crippen MR) is 140 cm³/mol. The van der Waals surface area contributed by atoms with Gasteiger partial charge < -0.3 is 30.3 Å². The van der Waals surface area contributed by atoms with Crippen LogP contribution in [0.4, 0.5) is 10.1 Å². The largest absolute Gasteiger partial charge is 0.488 e. The van der Waals surface area contributed by atoms with Crippen LogP contribution < -0.4 is 20.3 Å². The van der Waals surface area contributed by atoms with Crippen LogP contribution >= 0.6 is 0 Å². The van der Waals surface area contributed by atoms with Gasteiger partial charge in [0.1, 0.15) is 18.2 Å². The number of hydrogen-bond donors (Lipinski definition) is 3. The molecule has 0 saturated carbocycles. The SMILES string of the molecule is CN1CCC(CC(O)COc2c(CNCCc3ccccc3F)cccc2N2CCNCC2)CC1. The van der Waals surface area contributed by atoms with Crippen LogP contribution in [0.1, 0.15) is 30.4 Å². The summed E-state index contributed by atoms with van der Waals surface area (Å²) in [6.07, 6.45) is 3.24. The average molecular weight is 485 g/mol. The summed E-state index contributed by atoms with van der Waals surface area (Å²) in [6, 6.07) is 13.2. The Labute approximate surface area is 209 Å². The lowest BCUT2D eigenvalue weighted by Crippen LogP contribution is -2.43. The van der Waals surface area contributed by atoms with Gasteiger partial charge in [-0.3, -0.25) is 0 Å². The van der Waals surface area contributed by atoms with Crippen LogP contribution in [0.15, 0.2) is 42.5 Å². The van der Waals surface area contributed by atoms with Crippen molar-refractivity contribution in [3.63, 3.8) is 0 Å². The van der Waals surface area contributed by atoms with Crippen LogP contribution in [-0.2, 0) is 13.0 Å². The smallest absolute Gasteiger partial charge is 0.147 e. The summed E-state index contributed by atoms with van der Waals surface area (Å²) < 4.78 is 20.3. The highest BCUT2D eigenvalue weighted by atomic mass is 19.1. The summed E-state index contributed by atoms with van der Waals surface area (Å²) in [5, 5.41) is 17.6. The topological polar surface area (TPSA) is 60.0 Å². The molecule has 35 heavy (non-hydrogen) atoms. The van der Waals surface area contributed by atoms with Gasteiger partial charge in [0, 0.05) is 38.3 Å². The number of para-hydroxylation sites is 1. The molecule has 2 aromatic carbocycles. The standard InChI is InChI=1S/C28H41FN4O2/c1-32-15-10-22(11-16-32)19-25(34)21-35-28-24(6-4-8-27(28)33-17-13-30-14-18-33)20-31-12-9-23-5-2-3-7-26(23)29/h2-8,22,25,30-31,34H,9-21H2,1H3. The first-order valence-electron chi connectivity index (χ1n) is 13.1. The van der Waals surface area contributed by atoms with E-state index in [1.165, 1.54) is 6.07 Å². The molecule has 4 rings (SSSR count). The van der Waals surface area contributed by atoms with E-state index in [4.69, 9.17) is 4.74 Å². The molecule has 0 bridgehead atoms. The number of likely N-dealkylation sites (tertiary alicyclic amines) is 1. The fraction of sp³-hybridized carbons (Fsp3) is 0.571. The van der Waals surface area contributed by atoms with E-state index in [1.807, 2.05) is 12.1 Å². The molecule has 2 aliphatic heterocycles. The Kier molecular flexibility index (Phi) is 9.77. The van der Waals surface area contributed by atoms with E-state index in [0.29, 0.717) is 32.0 Å². The lowest BCUT2D eigenvalue weighted by molar-refractivity contribution is 0.0712. The molecule has 2 aliphatic rings. The fourth-order valence-corrected chi connectivity index (χ4v) is 5.11. The van der Waals surface area contributed by atoms with E-state index in [2.05, 4.69) is 45.7 Å². The van der Waals surface area contributed by atoms with Gasteiger partial charge in [-0.25, -0.2) is 4.39 Å². The summed E-state index contributed by atoms with van der Waals surface area (Å²) in [7, 11) is 2.16. The van der Waals surface area contributed by atoms with Crippen molar-refractivity contribution in [2.45, 2.75) is 38.3 Å². The van der Waals surface area contributed by atoms with Crippen LogP contribution in [0, 0.1) is 11.7 Å². The molecular weight excluding hydrogens is 443 g/mol. The third-order valence-electron chi connectivity index (χ3n) is 7.24.